The molecule has 0 bridgehead atoms. The Kier molecular flexibility index (Phi) is 4.30. The van der Waals surface area contributed by atoms with E-state index in [0.29, 0.717) is 6.79 Å². The molecule has 4 rings (SSSR count). The zero-order valence-corrected chi connectivity index (χ0v) is 14.3. The van der Waals surface area contributed by atoms with Crippen LogP contribution in [-0.4, -0.2) is 52.6 Å². The second kappa shape index (κ2) is 6.56. The fourth-order valence-corrected chi connectivity index (χ4v) is 3.62. The highest BCUT2D eigenvalue weighted by Gasteiger charge is 2.19. The topological polar surface area (TPSA) is 42.8 Å². The number of rotatable bonds is 4. The third-order valence-electron chi connectivity index (χ3n) is 4.19. The van der Waals surface area contributed by atoms with E-state index in [2.05, 4.69) is 27.0 Å². The second-order valence-electron chi connectivity index (χ2n) is 5.73. The van der Waals surface area contributed by atoms with Gasteiger partial charge in [0.05, 0.1) is 6.67 Å². The van der Waals surface area contributed by atoms with Gasteiger partial charge in [-0.2, -0.15) is 5.10 Å². The molecule has 3 heterocycles. The van der Waals surface area contributed by atoms with Gasteiger partial charge >= 0.3 is 0 Å². The molecular formula is C15H18N4O2S2. The van der Waals surface area contributed by atoms with Gasteiger partial charge in [-0.25, -0.2) is 4.68 Å². The zero-order valence-electron chi connectivity index (χ0n) is 12.7. The summed E-state index contributed by atoms with van der Waals surface area (Å²) in [4.78, 5) is 4.86. The van der Waals surface area contributed by atoms with E-state index in [1.54, 1.807) is 5.51 Å². The number of fused-ring (bicyclic) bond motifs is 1. The second-order valence-corrected chi connectivity index (χ2v) is 7.21. The van der Waals surface area contributed by atoms with Gasteiger partial charge in [-0.3, -0.25) is 9.80 Å². The first-order valence-corrected chi connectivity index (χ1v) is 8.90. The van der Waals surface area contributed by atoms with Crippen molar-refractivity contribution < 1.29 is 9.47 Å². The minimum Gasteiger partial charge on any atom is -0.454 e. The van der Waals surface area contributed by atoms with Crippen molar-refractivity contribution in [2.24, 2.45) is 0 Å². The minimum atomic E-state index is 0.330. The molecule has 0 spiro atoms. The van der Waals surface area contributed by atoms with E-state index in [-0.39, 0.29) is 0 Å². The highest BCUT2D eigenvalue weighted by Crippen LogP contribution is 2.32. The van der Waals surface area contributed by atoms with E-state index in [4.69, 9.17) is 21.7 Å². The molecule has 1 fully saturated rings. The van der Waals surface area contributed by atoms with Crippen molar-refractivity contribution in [1.82, 2.24) is 19.6 Å². The Balaban J connectivity index is 1.31. The van der Waals surface area contributed by atoms with Crippen LogP contribution >= 0.6 is 23.6 Å². The normalized spacial score (nSPS) is 18.4. The molecule has 2 aromatic rings. The molecule has 0 saturated carbocycles. The molecule has 2 aliphatic heterocycles. The Morgan fingerprint density at radius 3 is 2.65 bits per heavy atom. The summed E-state index contributed by atoms with van der Waals surface area (Å²) in [6.07, 6.45) is 0. The molecule has 0 radical (unpaired) electrons. The Morgan fingerprint density at radius 2 is 1.87 bits per heavy atom. The van der Waals surface area contributed by atoms with Crippen molar-refractivity contribution >= 4 is 23.6 Å². The lowest BCUT2D eigenvalue weighted by Gasteiger charge is -2.34. The van der Waals surface area contributed by atoms with Gasteiger partial charge in [0.15, 0.2) is 15.5 Å². The van der Waals surface area contributed by atoms with Crippen LogP contribution in [0.1, 0.15) is 5.56 Å². The van der Waals surface area contributed by atoms with E-state index in [0.717, 1.165) is 54.8 Å². The Bertz CT molecular complexity index is 737. The summed E-state index contributed by atoms with van der Waals surface area (Å²) in [6, 6.07) is 6.20. The highest BCUT2D eigenvalue weighted by atomic mass is 32.1. The predicted molar refractivity (Wildman–Crippen MR) is 90.4 cm³/mol. The van der Waals surface area contributed by atoms with Gasteiger partial charge < -0.3 is 9.47 Å². The van der Waals surface area contributed by atoms with Crippen LogP contribution in [0.15, 0.2) is 23.7 Å². The van der Waals surface area contributed by atoms with E-state index in [1.807, 2.05) is 10.7 Å². The molecule has 0 unspecified atom stereocenters. The number of hydrogen-bond donors (Lipinski definition) is 0. The standard InChI is InChI=1S/C15H18N4O2S2/c22-15-19(16-9-23-15)10-18-5-3-17(4-6-18)8-12-1-2-13-14(7-12)21-11-20-13/h1-2,7,9H,3-6,8,10-11H2. The molecule has 1 aromatic heterocycles. The smallest absolute Gasteiger partial charge is 0.231 e. The average molecular weight is 350 g/mol. The van der Waals surface area contributed by atoms with Crippen molar-refractivity contribution in [2.45, 2.75) is 13.2 Å². The van der Waals surface area contributed by atoms with E-state index in [1.165, 1.54) is 16.9 Å². The summed E-state index contributed by atoms with van der Waals surface area (Å²) in [5.41, 5.74) is 3.07. The van der Waals surface area contributed by atoms with Crippen LogP contribution in [0.3, 0.4) is 0 Å². The quantitative estimate of drug-likeness (QED) is 0.788. The molecule has 0 amide bonds. The molecule has 122 valence electrons. The van der Waals surface area contributed by atoms with E-state index < -0.39 is 0 Å². The SMILES string of the molecule is S=c1scnn1CN1CCN(Cc2ccc3c(c2)OCO3)CC1. The van der Waals surface area contributed by atoms with Crippen LogP contribution in [0.25, 0.3) is 0 Å². The van der Waals surface area contributed by atoms with Crippen molar-refractivity contribution in [2.75, 3.05) is 33.0 Å². The van der Waals surface area contributed by atoms with Gasteiger partial charge in [-0.15, -0.1) is 0 Å². The summed E-state index contributed by atoms with van der Waals surface area (Å²) in [5.74, 6) is 1.71. The molecule has 1 aromatic carbocycles. The van der Waals surface area contributed by atoms with Crippen LogP contribution < -0.4 is 9.47 Å². The first-order valence-electron chi connectivity index (χ1n) is 7.62. The van der Waals surface area contributed by atoms with Gasteiger partial charge in [0.25, 0.3) is 0 Å². The van der Waals surface area contributed by atoms with Crippen LogP contribution in [0.2, 0.25) is 0 Å². The molecule has 23 heavy (non-hydrogen) atoms. The summed E-state index contributed by atoms with van der Waals surface area (Å²) in [5, 5.41) is 4.28. The third-order valence-corrected chi connectivity index (χ3v) is 5.30. The lowest BCUT2D eigenvalue weighted by molar-refractivity contribution is 0.0984. The van der Waals surface area contributed by atoms with Crippen molar-refractivity contribution in [3.8, 4) is 11.5 Å². The Hall–Kier alpha value is -1.48. The van der Waals surface area contributed by atoms with Gasteiger partial charge in [0.2, 0.25) is 6.79 Å². The maximum atomic E-state index is 5.45. The monoisotopic (exact) mass is 350 g/mol. The largest absolute Gasteiger partial charge is 0.454 e. The summed E-state index contributed by atoms with van der Waals surface area (Å²) in [7, 11) is 0. The minimum absolute atomic E-state index is 0.330. The third kappa shape index (κ3) is 3.40. The average Bonchev–Trinajstić information content (AvgIpc) is 3.18. The van der Waals surface area contributed by atoms with Crippen molar-refractivity contribution in [3.05, 3.63) is 33.2 Å². The molecule has 2 aliphatic rings. The van der Waals surface area contributed by atoms with Gasteiger partial charge in [0.1, 0.15) is 5.51 Å². The van der Waals surface area contributed by atoms with Crippen LogP contribution in [0, 0.1) is 3.95 Å². The van der Waals surface area contributed by atoms with Crippen LogP contribution in [0.4, 0.5) is 0 Å². The predicted octanol–water partition coefficient (Wildman–Crippen LogP) is 2.18. The molecule has 8 heteroatoms. The number of hydrogen-bond acceptors (Lipinski definition) is 7. The first kappa shape index (κ1) is 15.1. The number of ether oxygens (including phenoxy) is 2. The summed E-state index contributed by atoms with van der Waals surface area (Å²) < 4.78 is 13.5. The fraction of sp³-hybridized carbons (Fsp3) is 0.467. The van der Waals surface area contributed by atoms with E-state index in [9.17, 15) is 0 Å². The number of nitrogens with zero attached hydrogens (tertiary/aromatic N) is 4. The van der Waals surface area contributed by atoms with E-state index >= 15 is 0 Å². The molecule has 1 saturated heterocycles. The van der Waals surface area contributed by atoms with Gasteiger partial charge in [-0.1, -0.05) is 17.4 Å². The maximum Gasteiger partial charge on any atom is 0.231 e. The number of benzene rings is 1. The molecule has 0 N–H and O–H groups in total. The number of aromatic nitrogens is 2. The van der Waals surface area contributed by atoms with Crippen LogP contribution in [-0.2, 0) is 13.2 Å². The highest BCUT2D eigenvalue weighted by molar-refractivity contribution is 7.73. The lowest BCUT2D eigenvalue weighted by atomic mass is 10.1. The Morgan fingerprint density at radius 1 is 1.09 bits per heavy atom. The molecule has 0 aliphatic carbocycles. The molecule has 0 atom stereocenters. The first-order chi connectivity index (χ1) is 11.3. The zero-order chi connectivity index (χ0) is 15.6. The van der Waals surface area contributed by atoms with Crippen LogP contribution in [0.5, 0.6) is 11.5 Å². The number of piperazine rings is 1. The maximum absolute atomic E-state index is 5.45. The fourth-order valence-electron chi connectivity index (χ4n) is 2.90. The molecule has 6 nitrogen and oxygen atoms in total. The van der Waals surface area contributed by atoms with Gasteiger partial charge in [-0.05, 0) is 29.9 Å². The summed E-state index contributed by atoms with van der Waals surface area (Å²) in [6.45, 7) is 6.23. The van der Waals surface area contributed by atoms with Crippen molar-refractivity contribution in [1.29, 1.82) is 0 Å². The molecular weight excluding hydrogens is 332 g/mol. The lowest BCUT2D eigenvalue weighted by Crippen LogP contribution is -2.46. The van der Waals surface area contributed by atoms with Gasteiger partial charge in [0, 0.05) is 32.7 Å². The summed E-state index contributed by atoms with van der Waals surface area (Å²) >= 11 is 6.78. The Labute approximate surface area is 143 Å². The van der Waals surface area contributed by atoms with Crippen molar-refractivity contribution in [3.63, 3.8) is 0 Å².